The van der Waals surface area contributed by atoms with Gasteiger partial charge in [-0.25, -0.2) is 0 Å². The molecule has 29 heavy (non-hydrogen) atoms. The molecule has 0 aliphatic carbocycles. The number of nitrogens with zero attached hydrogens (tertiary/aromatic N) is 3. The third-order valence-corrected chi connectivity index (χ3v) is 5.16. The van der Waals surface area contributed by atoms with Crippen molar-refractivity contribution in [2.24, 2.45) is 0 Å². The number of hydrogen-bond donors (Lipinski definition) is 1. The van der Waals surface area contributed by atoms with E-state index in [-0.39, 0.29) is 5.91 Å². The molecular weight excluding hydrogens is 388 g/mol. The van der Waals surface area contributed by atoms with E-state index in [1.54, 1.807) is 18.2 Å². The number of amides is 1. The molecule has 0 saturated carbocycles. The first-order valence-corrected chi connectivity index (χ1v) is 9.86. The fourth-order valence-electron chi connectivity index (χ4n) is 3.37. The van der Waals surface area contributed by atoms with E-state index in [1.807, 2.05) is 36.4 Å². The molecular formula is C22H21ClN4O2. The van der Waals surface area contributed by atoms with Crippen LogP contribution in [0.3, 0.4) is 0 Å². The van der Waals surface area contributed by atoms with Crippen molar-refractivity contribution in [2.45, 2.75) is 12.8 Å². The summed E-state index contributed by atoms with van der Waals surface area (Å²) in [5.41, 5.74) is 2.78. The minimum absolute atomic E-state index is 0.285. The lowest BCUT2D eigenvalue weighted by Crippen LogP contribution is -2.19. The summed E-state index contributed by atoms with van der Waals surface area (Å²) in [6.07, 6.45) is 2.41. The van der Waals surface area contributed by atoms with E-state index in [1.165, 1.54) is 20.0 Å². The first-order chi connectivity index (χ1) is 14.1. The molecule has 6 nitrogen and oxygen atoms in total. The Morgan fingerprint density at radius 3 is 2.45 bits per heavy atom. The Kier molecular flexibility index (Phi) is 5.62. The molecule has 2 aromatic carbocycles. The van der Waals surface area contributed by atoms with Crippen LogP contribution in [0.25, 0.3) is 11.3 Å². The number of ether oxygens (including phenoxy) is 1. The van der Waals surface area contributed by atoms with Gasteiger partial charge in [-0.3, -0.25) is 4.79 Å². The van der Waals surface area contributed by atoms with E-state index < -0.39 is 0 Å². The number of rotatable bonds is 5. The topological polar surface area (TPSA) is 67.3 Å². The maximum atomic E-state index is 12.6. The molecule has 0 spiro atoms. The Labute approximate surface area is 174 Å². The lowest BCUT2D eigenvalue weighted by atomic mass is 10.1. The lowest BCUT2D eigenvalue weighted by Gasteiger charge is -2.15. The Morgan fingerprint density at radius 1 is 1.03 bits per heavy atom. The van der Waals surface area contributed by atoms with Gasteiger partial charge in [0.25, 0.3) is 5.91 Å². The van der Waals surface area contributed by atoms with Gasteiger partial charge in [0.15, 0.2) is 5.82 Å². The quantitative estimate of drug-likeness (QED) is 0.665. The van der Waals surface area contributed by atoms with Gasteiger partial charge in [0.1, 0.15) is 5.75 Å². The molecule has 7 heteroatoms. The summed E-state index contributed by atoms with van der Waals surface area (Å²) in [6.45, 7) is 2.08. The van der Waals surface area contributed by atoms with E-state index >= 15 is 0 Å². The van der Waals surface area contributed by atoms with Crippen LogP contribution in [-0.2, 0) is 0 Å². The molecule has 148 valence electrons. The van der Waals surface area contributed by atoms with Crippen molar-refractivity contribution in [1.82, 2.24) is 10.2 Å². The number of carbonyl (C=O) groups excluding carboxylic acids is 1. The summed E-state index contributed by atoms with van der Waals surface area (Å²) in [5, 5.41) is 12.0. The van der Waals surface area contributed by atoms with E-state index in [2.05, 4.69) is 20.4 Å². The van der Waals surface area contributed by atoms with Crippen molar-refractivity contribution in [1.29, 1.82) is 0 Å². The van der Waals surface area contributed by atoms with Crippen LogP contribution in [0.4, 0.5) is 11.5 Å². The molecule has 0 radical (unpaired) electrons. The standard InChI is InChI=1S/C22H21ClN4O2/c1-29-20-10-6-16(23)14-18(20)22(28)24-17-7-4-15(5-8-17)19-9-11-21(26-25-19)27-12-2-3-13-27/h4-11,14H,2-3,12-13H2,1H3,(H,24,28). The summed E-state index contributed by atoms with van der Waals surface area (Å²) < 4.78 is 5.24. The monoisotopic (exact) mass is 408 g/mol. The van der Waals surface area contributed by atoms with Crippen LogP contribution in [0.15, 0.2) is 54.6 Å². The highest BCUT2D eigenvalue weighted by Gasteiger charge is 2.15. The van der Waals surface area contributed by atoms with Crippen LogP contribution in [0, 0.1) is 0 Å². The molecule has 0 unspecified atom stereocenters. The van der Waals surface area contributed by atoms with Crippen LogP contribution in [0.1, 0.15) is 23.2 Å². The van der Waals surface area contributed by atoms with Crippen molar-refractivity contribution in [3.63, 3.8) is 0 Å². The Hall–Kier alpha value is -3.12. The molecule has 1 aliphatic rings. The Morgan fingerprint density at radius 2 is 1.79 bits per heavy atom. The summed E-state index contributed by atoms with van der Waals surface area (Å²) in [4.78, 5) is 14.8. The van der Waals surface area contributed by atoms with E-state index in [0.29, 0.717) is 22.0 Å². The normalized spacial score (nSPS) is 13.4. The van der Waals surface area contributed by atoms with Crippen LogP contribution >= 0.6 is 11.6 Å². The summed E-state index contributed by atoms with van der Waals surface area (Å²) in [5.74, 6) is 1.11. The second-order valence-electron chi connectivity index (χ2n) is 6.85. The van der Waals surface area contributed by atoms with Crippen LogP contribution in [0.5, 0.6) is 5.75 Å². The molecule has 1 N–H and O–H groups in total. The van der Waals surface area contributed by atoms with Crippen molar-refractivity contribution in [2.75, 3.05) is 30.4 Å². The minimum atomic E-state index is -0.285. The van der Waals surface area contributed by atoms with Crippen molar-refractivity contribution in [3.05, 3.63) is 65.2 Å². The first kappa shape index (κ1) is 19.2. The molecule has 0 atom stereocenters. The van der Waals surface area contributed by atoms with Gasteiger partial charge in [-0.1, -0.05) is 23.7 Å². The molecule has 2 heterocycles. The molecule has 4 rings (SSSR count). The highest BCUT2D eigenvalue weighted by atomic mass is 35.5. The average molecular weight is 409 g/mol. The van der Waals surface area contributed by atoms with Gasteiger partial charge in [0.05, 0.1) is 18.4 Å². The van der Waals surface area contributed by atoms with Gasteiger partial charge in [0.2, 0.25) is 0 Å². The van der Waals surface area contributed by atoms with Gasteiger partial charge in [-0.15, -0.1) is 10.2 Å². The number of halogens is 1. The number of nitrogens with one attached hydrogen (secondary N) is 1. The van der Waals surface area contributed by atoms with Crippen molar-refractivity contribution >= 4 is 29.0 Å². The van der Waals surface area contributed by atoms with Gasteiger partial charge in [-0.2, -0.15) is 0 Å². The molecule has 1 aromatic heterocycles. The van der Waals surface area contributed by atoms with Gasteiger partial charge in [-0.05, 0) is 55.3 Å². The van der Waals surface area contributed by atoms with E-state index in [0.717, 1.165) is 30.2 Å². The number of hydrogen-bond acceptors (Lipinski definition) is 5. The second-order valence-corrected chi connectivity index (χ2v) is 7.28. The van der Waals surface area contributed by atoms with Gasteiger partial charge < -0.3 is 15.0 Å². The molecule has 1 amide bonds. The molecule has 0 bridgehead atoms. The van der Waals surface area contributed by atoms with Crippen LogP contribution in [0.2, 0.25) is 5.02 Å². The smallest absolute Gasteiger partial charge is 0.259 e. The number of benzene rings is 2. The highest BCUT2D eigenvalue weighted by Crippen LogP contribution is 2.25. The first-order valence-electron chi connectivity index (χ1n) is 9.48. The zero-order chi connectivity index (χ0) is 20.2. The molecule has 1 aliphatic heterocycles. The third kappa shape index (κ3) is 4.32. The number of carbonyl (C=O) groups is 1. The SMILES string of the molecule is COc1ccc(Cl)cc1C(=O)Nc1ccc(-c2ccc(N3CCCC3)nn2)cc1. The van der Waals surface area contributed by atoms with Gasteiger partial charge in [0, 0.05) is 29.4 Å². The molecule has 1 saturated heterocycles. The number of anilines is 2. The van der Waals surface area contributed by atoms with Crippen LogP contribution in [-0.4, -0.2) is 36.3 Å². The Balaban J connectivity index is 1.46. The summed E-state index contributed by atoms with van der Waals surface area (Å²) in [7, 11) is 1.52. The largest absolute Gasteiger partial charge is 0.496 e. The maximum Gasteiger partial charge on any atom is 0.259 e. The molecule has 1 fully saturated rings. The predicted molar refractivity (Wildman–Crippen MR) is 115 cm³/mol. The maximum absolute atomic E-state index is 12.6. The fraction of sp³-hybridized carbons (Fsp3) is 0.227. The highest BCUT2D eigenvalue weighted by molar-refractivity contribution is 6.31. The van der Waals surface area contributed by atoms with E-state index in [4.69, 9.17) is 16.3 Å². The van der Waals surface area contributed by atoms with E-state index in [9.17, 15) is 4.79 Å². The van der Waals surface area contributed by atoms with Crippen molar-refractivity contribution < 1.29 is 9.53 Å². The average Bonchev–Trinajstić information content (AvgIpc) is 3.29. The second kappa shape index (κ2) is 8.49. The lowest BCUT2D eigenvalue weighted by molar-refractivity contribution is 0.102. The van der Waals surface area contributed by atoms with Crippen LogP contribution < -0.4 is 15.0 Å². The Bertz CT molecular complexity index is 1000. The van der Waals surface area contributed by atoms with Gasteiger partial charge >= 0.3 is 0 Å². The summed E-state index contributed by atoms with van der Waals surface area (Å²) in [6, 6.07) is 16.4. The third-order valence-electron chi connectivity index (χ3n) is 4.93. The molecule has 3 aromatic rings. The minimum Gasteiger partial charge on any atom is -0.496 e. The fourth-order valence-corrected chi connectivity index (χ4v) is 3.55. The number of aromatic nitrogens is 2. The predicted octanol–water partition coefficient (Wildman–Crippen LogP) is 4.66. The zero-order valence-electron chi connectivity index (χ0n) is 16.1. The number of methoxy groups -OCH3 is 1. The summed E-state index contributed by atoms with van der Waals surface area (Å²) >= 11 is 6.01. The van der Waals surface area contributed by atoms with Crippen molar-refractivity contribution in [3.8, 4) is 17.0 Å². The zero-order valence-corrected chi connectivity index (χ0v) is 16.8.